The van der Waals surface area contributed by atoms with Crippen molar-refractivity contribution in [1.29, 1.82) is 0 Å². The number of fused-ring (bicyclic) bond motifs is 7. The molecule has 10 atom stereocenters. The van der Waals surface area contributed by atoms with Gasteiger partial charge in [-0.2, -0.15) is 0 Å². The molecule has 0 bridgehead atoms. The summed E-state index contributed by atoms with van der Waals surface area (Å²) in [4.78, 5) is 0. The largest absolute Gasteiger partial charge is 0.396 e. The number of halogens is 1. The van der Waals surface area contributed by atoms with Gasteiger partial charge in [0.25, 0.3) is 0 Å². The third-order valence-electron chi connectivity index (χ3n) is 14.9. The molecule has 0 aliphatic heterocycles. The highest BCUT2D eigenvalue weighted by atomic mass is 19.1. The van der Waals surface area contributed by atoms with Crippen LogP contribution in [0, 0.1) is 56.6 Å². The molecule has 0 radical (unpaired) electrons. The molecule has 5 nitrogen and oxygen atoms in total. The summed E-state index contributed by atoms with van der Waals surface area (Å²) in [7, 11) is 0. The van der Waals surface area contributed by atoms with Crippen molar-refractivity contribution in [2.24, 2.45) is 50.7 Å². The van der Waals surface area contributed by atoms with E-state index in [1.165, 1.54) is 44.2 Å². The second kappa shape index (κ2) is 9.11. The zero-order valence-electron chi connectivity index (χ0n) is 25.7. The van der Waals surface area contributed by atoms with E-state index in [-0.39, 0.29) is 51.5 Å². The molecule has 7 rings (SSSR count). The van der Waals surface area contributed by atoms with E-state index in [4.69, 9.17) is 5.10 Å². The molecule has 5 aliphatic rings. The van der Waals surface area contributed by atoms with Crippen molar-refractivity contribution in [2.75, 3.05) is 6.61 Å². The Balaban J connectivity index is 1.24. The Morgan fingerprint density at radius 1 is 0.854 bits per heavy atom. The van der Waals surface area contributed by atoms with Crippen LogP contribution >= 0.6 is 0 Å². The van der Waals surface area contributed by atoms with E-state index in [1.54, 1.807) is 16.8 Å². The van der Waals surface area contributed by atoms with Gasteiger partial charge in [-0.3, -0.25) is 0 Å². The fraction of sp³-hybridized carbons (Fsp3) is 0.771. The molecular formula is C35H50FN3O2. The fourth-order valence-corrected chi connectivity index (χ4v) is 12.5. The molecule has 0 spiro atoms. The third kappa shape index (κ3) is 3.65. The Morgan fingerprint density at radius 3 is 2.34 bits per heavy atom. The quantitative estimate of drug-likeness (QED) is 0.411. The summed E-state index contributed by atoms with van der Waals surface area (Å²) in [6, 6.07) is 6.45. The number of aliphatic hydroxyl groups is 2. The summed E-state index contributed by atoms with van der Waals surface area (Å²) in [5.74, 6) is 2.23. The van der Waals surface area contributed by atoms with Gasteiger partial charge in [0, 0.05) is 12.5 Å². The maximum Gasteiger partial charge on any atom is 0.123 e. The first-order chi connectivity index (χ1) is 19.4. The Hall–Kier alpha value is -1.79. The molecule has 5 fully saturated rings. The van der Waals surface area contributed by atoms with E-state index < -0.39 is 0 Å². The number of rotatable bonds is 3. The summed E-state index contributed by atoms with van der Waals surface area (Å²) < 4.78 is 15.3. The maximum atomic E-state index is 13.6. The monoisotopic (exact) mass is 563 g/mol. The molecule has 224 valence electrons. The minimum Gasteiger partial charge on any atom is -0.396 e. The second-order valence-corrected chi connectivity index (χ2v) is 16.3. The van der Waals surface area contributed by atoms with E-state index in [9.17, 15) is 14.6 Å². The molecule has 1 aromatic heterocycles. The number of benzene rings is 1. The van der Waals surface area contributed by atoms with Gasteiger partial charge in [0.05, 0.1) is 23.7 Å². The predicted molar refractivity (Wildman–Crippen MR) is 158 cm³/mol. The highest BCUT2D eigenvalue weighted by Gasteiger charge is 2.70. The minimum atomic E-state index is -0.251. The first-order valence-electron chi connectivity index (χ1n) is 16.4. The van der Waals surface area contributed by atoms with Crippen LogP contribution in [0.15, 0.2) is 30.5 Å². The molecule has 5 aliphatic carbocycles. The summed E-state index contributed by atoms with van der Waals surface area (Å²) in [6.07, 6.45) is 13.3. The van der Waals surface area contributed by atoms with Gasteiger partial charge in [0.2, 0.25) is 0 Å². The van der Waals surface area contributed by atoms with Crippen LogP contribution in [0.2, 0.25) is 0 Å². The zero-order chi connectivity index (χ0) is 29.0. The van der Waals surface area contributed by atoms with E-state index >= 15 is 0 Å². The molecule has 0 amide bonds. The number of nitrogens with zero attached hydrogens (tertiary/aromatic N) is 3. The highest BCUT2D eigenvalue weighted by Crippen LogP contribution is 2.77. The van der Waals surface area contributed by atoms with Gasteiger partial charge in [-0.05, 0) is 139 Å². The molecule has 2 aromatic rings. The molecule has 0 unspecified atom stereocenters. The van der Waals surface area contributed by atoms with Crippen molar-refractivity contribution >= 4 is 0 Å². The van der Waals surface area contributed by atoms with Crippen LogP contribution in [0.3, 0.4) is 0 Å². The maximum absolute atomic E-state index is 13.6. The Bertz CT molecular complexity index is 1310. The Labute approximate surface area is 245 Å². The van der Waals surface area contributed by atoms with Crippen LogP contribution in [-0.2, 0) is 0 Å². The van der Waals surface area contributed by atoms with Crippen molar-refractivity contribution < 1.29 is 14.6 Å². The number of hydrogen-bond donors (Lipinski definition) is 2. The lowest BCUT2D eigenvalue weighted by Gasteiger charge is -2.73. The molecular weight excluding hydrogens is 513 g/mol. The van der Waals surface area contributed by atoms with Crippen molar-refractivity contribution in [2.45, 2.75) is 111 Å². The van der Waals surface area contributed by atoms with Gasteiger partial charge in [-0.25, -0.2) is 9.07 Å². The number of aromatic nitrogens is 3. The van der Waals surface area contributed by atoms with Crippen LogP contribution < -0.4 is 0 Å². The SMILES string of the molecule is CC1(C)[C@@H](O)CC[C@]2(C)[C@H]3CC[C@@H]4[C@H]5[C@H](c6cn(-c7ccc(F)cc7)nn6)CC[C@]5(CO)CC[C@@]4(C)[C@]3(C)CC[C@@H]12. The lowest BCUT2D eigenvalue weighted by Crippen LogP contribution is -2.66. The molecule has 6 heteroatoms. The minimum absolute atomic E-state index is 0.0302. The molecule has 0 saturated heterocycles. The summed E-state index contributed by atoms with van der Waals surface area (Å²) in [6.45, 7) is 12.8. The average Bonchev–Trinajstić information content (AvgIpc) is 3.58. The van der Waals surface area contributed by atoms with Gasteiger partial charge in [-0.15, -0.1) is 5.10 Å². The smallest absolute Gasteiger partial charge is 0.123 e. The van der Waals surface area contributed by atoms with E-state index in [2.05, 4.69) is 46.0 Å². The van der Waals surface area contributed by atoms with Crippen LogP contribution in [0.1, 0.15) is 110 Å². The molecule has 2 N–H and O–H groups in total. The lowest BCUT2D eigenvalue weighted by molar-refractivity contribution is -0.248. The van der Waals surface area contributed by atoms with Crippen molar-refractivity contribution in [3.8, 4) is 5.69 Å². The van der Waals surface area contributed by atoms with Crippen LogP contribution in [0.5, 0.6) is 0 Å². The van der Waals surface area contributed by atoms with Gasteiger partial charge in [0.15, 0.2) is 0 Å². The lowest BCUT2D eigenvalue weighted by atomic mass is 9.32. The zero-order valence-corrected chi connectivity index (χ0v) is 25.7. The van der Waals surface area contributed by atoms with Gasteiger partial charge in [-0.1, -0.05) is 39.8 Å². The van der Waals surface area contributed by atoms with Crippen molar-refractivity contribution in [3.05, 3.63) is 42.0 Å². The molecule has 41 heavy (non-hydrogen) atoms. The van der Waals surface area contributed by atoms with Crippen molar-refractivity contribution in [3.63, 3.8) is 0 Å². The van der Waals surface area contributed by atoms with Gasteiger partial charge >= 0.3 is 0 Å². The van der Waals surface area contributed by atoms with Crippen molar-refractivity contribution in [1.82, 2.24) is 15.0 Å². The van der Waals surface area contributed by atoms with Crippen LogP contribution in [-0.4, -0.2) is 37.9 Å². The Morgan fingerprint density at radius 2 is 1.61 bits per heavy atom. The fourth-order valence-electron chi connectivity index (χ4n) is 12.5. The Kier molecular flexibility index (Phi) is 6.22. The molecule has 5 saturated carbocycles. The summed E-state index contributed by atoms with van der Waals surface area (Å²) >= 11 is 0. The highest BCUT2D eigenvalue weighted by molar-refractivity contribution is 5.32. The first kappa shape index (κ1) is 28.0. The van der Waals surface area contributed by atoms with Gasteiger partial charge < -0.3 is 10.2 Å². The summed E-state index contributed by atoms with van der Waals surface area (Å²) in [5.41, 5.74) is 2.52. The van der Waals surface area contributed by atoms with Crippen LogP contribution in [0.25, 0.3) is 5.69 Å². The number of aliphatic hydroxyl groups excluding tert-OH is 2. The van der Waals surface area contributed by atoms with Gasteiger partial charge in [0.1, 0.15) is 5.82 Å². The predicted octanol–water partition coefficient (Wildman–Crippen LogP) is 7.31. The number of hydrogen-bond acceptors (Lipinski definition) is 4. The molecule has 1 heterocycles. The van der Waals surface area contributed by atoms with E-state index in [0.29, 0.717) is 23.7 Å². The third-order valence-corrected chi connectivity index (χ3v) is 14.9. The normalized spacial score (nSPS) is 46.7. The average molecular weight is 564 g/mol. The van der Waals surface area contributed by atoms with Crippen LogP contribution in [0.4, 0.5) is 4.39 Å². The first-order valence-corrected chi connectivity index (χ1v) is 16.4. The van der Waals surface area contributed by atoms with E-state index in [0.717, 1.165) is 43.5 Å². The standard InChI is InChI=1S/C35H50FN3O2/c1-31(2)27-13-16-34(5)28(32(27,3)15-14-29(31)41)11-10-25-30-24(12-17-35(30,21-40)19-18-33(25,34)4)26-20-39(38-37-26)23-8-6-22(36)7-9-23/h6-9,20,24-25,27-30,40-41H,10-19,21H2,1-5H3/t24-,25+,27-,28+,29-,30+,32-,33+,34+,35+/m0/s1. The molecule has 1 aromatic carbocycles. The summed E-state index contributed by atoms with van der Waals surface area (Å²) in [5, 5.41) is 31.2. The van der Waals surface area contributed by atoms with E-state index in [1.807, 2.05) is 0 Å². The second-order valence-electron chi connectivity index (χ2n) is 16.3. The topological polar surface area (TPSA) is 71.2 Å².